The van der Waals surface area contributed by atoms with Crippen molar-refractivity contribution in [2.45, 2.75) is 38.1 Å². The van der Waals surface area contributed by atoms with Gasteiger partial charge in [-0.25, -0.2) is 0 Å². The van der Waals surface area contributed by atoms with Crippen LogP contribution < -0.4 is 15.4 Å². The van der Waals surface area contributed by atoms with Crippen molar-refractivity contribution in [1.82, 2.24) is 10.6 Å². The van der Waals surface area contributed by atoms with E-state index in [0.29, 0.717) is 33.8 Å². The SMILES string of the molecule is O=C(COc1ccccc1Cl)NC(=S)NC1C2CC3CC(C2)CC1C3. The number of hydrogen-bond donors (Lipinski definition) is 2. The Morgan fingerprint density at radius 1 is 1.12 bits per heavy atom. The summed E-state index contributed by atoms with van der Waals surface area (Å²) >= 11 is 11.4. The first-order valence-corrected chi connectivity index (χ1v) is 9.84. The summed E-state index contributed by atoms with van der Waals surface area (Å²) in [6.07, 6.45) is 6.70. The molecule has 0 radical (unpaired) electrons. The minimum Gasteiger partial charge on any atom is -0.482 e. The van der Waals surface area contributed by atoms with E-state index in [0.717, 1.165) is 11.8 Å². The highest BCUT2D eigenvalue weighted by Gasteiger charge is 2.48. The molecule has 4 aliphatic rings. The lowest BCUT2D eigenvalue weighted by Crippen LogP contribution is -2.58. The van der Waals surface area contributed by atoms with Gasteiger partial charge in [-0.05, 0) is 80.1 Å². The first kappa shape index (κ1) is 17.1. The molecule has 4 nitrogen and oxygen atoms in total. The van der Waals surface area contributed by atoms with Crippen LogP contribution in [-0.2, 0) is 4.79 Å². The third-order valence-electron chi connectivity index (χ3n) is 5.97. The lowest BCUT2D eigenvalue weighted by atomic mass is 9.54. The molecule has 0 heterocycles. The van der Waals surface area contributed by atoms with Gasteiger partial charge in [-0.1, -0.05) is 23.7 Å². The van der Waals surface area contributed by atoms with Crippen molar-refractivity contribution < 1.29 is 9.53 Å². The molecule has 4 fully saturated rings. The molecule has 6 heteroatoms. The third kappa shape index (κ3) is 3.77. The van der Waals surface area contributed by atoms with E-state index < -0.39 is 0 Å². The van der Waals surface area contributed by atoms with Crippen LogP contribution in [0.15, 0.2) is 24.3 Å². The fourth-order valence-electron chi connectivity index (χ4n) is 5.22. The molecule has 1 aromatic rings. The van der Waals surface area contributed by atoms with Gasteiger partial charge in [0.05, 0.1) is 5.02 Å². The van der Waals surface area contributed by atoms with Gasteiger partial charge in [-0.2, -0.15) is 0 Å². The van der Waals surface area contributed by atoms with Crippen LogP contribution in [0.2, 0.25) is 5.02 Å². The Hall–Kier alpha value is -1.33. The lowest BCUT2D eigenvalue weighted by molar-refractivity contribution is -0.121. The molecule has 25 heavy (non-hydrogen) atoms. The normalized spacial score (nSPS) is 32.3. The molecule has 5 rings (SSSR count). The van der Waals surface area contributed by atoms with Gasteiger partial charge in [0.2, 0.25) is 0 Å². The highest BCUT2D eigenvalue weighted by atomic mass is 35.5. The van der Waals surface area contributed by atoms with Crippen molar-refractivity contribution in [3.63, 3.8) is 0 Å². The fourth-order valence-corrected chi connectivity index (χ4v) is 5.66. The zero-order valence-electron chi connectivity index (χ0n) is 14.0. The molecule has 0 atom stereocenters. The number of para-hydroxylation sites is 1. The number of benzene rings is 1. The van der Waals surface area contributed by atoms with E-state index in [9.17, 15) is 4.79 Å². The number of thiocarbonyl (C=S) groups is 1. The second-order valence-electron chi connectivity index (χ2n) is 7.70. The van der Waals surface area contributed by atoms with Gasteiger partial charge in [0, 0.05) is 6.04 Å². The second kappa shape index (κ2) is 7.12. The maximum atomic E-state index is 12.1. The molecule has 0 spiro atoms. The zero-order valence-corrected chi connectivity index (χ0v) is 15.6. The predicted molar refractivity (Wildman–Crippen MR) is 102 cm³/mol. The molecular formula is C19H23ClN2O2S. The molecule has 4 aliphatic carbocycles. The Morgan fingerprint density at radius 2 is 1.76 bits per heavy atom. The van der Waals surface area contributed by atoms with Crippen LogP contribution in [0.4, 0.5) is 0 Å². The number of rotatable bonds is 4. The molecule has 2 N–H and O–H groups in total. The van der Waals surface area contributed by atoms with Crippen molar-refractivity contribution in [1.29, 1.82) is 0 Å². The van der Waals surface area contributed by atoms with E-state index in [-0.39, 0.29) is 12.5 Å². The highest BCUT2D eigenvalue weighted by Crippen LogP contribution is 2.53. The molecule has 1 amide bonds. The van der Waals surface area contributed by atoms with Crippen LogP contribution in [0, 0.1) is 23.7 Å². The number of carbonyl (C=O) groups excluding carboxylic acids is 1. The fraction of sp³-hybridized carbons (Fsp3) is 0.579. The molecule has 134 valence electrons. The van der Waals surface area contributed by atoms with E-state index in [1.54, 1.807) is 12.1 Å². The van der Waals surface area contributed by atoms with Gasteiger partial charge in [0.1, 0.15) is 5.75 Å². The quantitative estimate of drug-likeness (QED) is 0.787. The summed E-state index contributed by atoms with van der Waals surface area (Å²) in [7, 11) is 0. The molecule has 4 saturated carbocycles. The standard InChI is InChI=1S/C19H23ClN2O2S/c20-15-3-1-2-4-16(15)24-10-17(23)21-19(25)22-18-13-6-11-5-12(8-13)9-14(18)7-11/h1-4,11-14,18H,5-10H2,(H2,21,22,23,25). The van der Waals surface area contributed by atoms with Crippen molar-refractivity contribution in [2.75, 3.05) is 6.61 Å². The minimum absolute atomic E-state index is 0.104. The van der Waals surface area contributed by atoms with Gasteiger partial charge in [-0.15, -0.1) is 0 Å². The van der Waals surface area contributed by atoms with Gasteiger partial charge in [0.25, 0.3) is 5.91 Å². The smallest absolute Gasteiger partial charge is 0.264 e. The van der Waals surface area contributed by atoms with Crippen molar-refractivity contribution in [3.8, 4) is 5.75 Å². The van der Waals surface area contributed by atoms with Crippen LogP contribution in [-0.4, -0.2) is 23.7 Å². The maximum Gasteiger partial charge on any atom is 0.264 e. The summed E-state index contributed by atoms with van der Waals surface area (Å²) in [4.78, 5) is 12.1. The van der Waals surface area contributed by atoms with Crippen molar-refractivity contribution in [2.24, 2.45) is 23.7 Å². The van der Waals surface area contributed by atoms with Crippen LogP contribution in [0.5, 0.6) is 5.75 Å². The largest absolute Gasteiger partial charge is 0.482 e. The topological polar surface area (TPSA) is 50.4 Å². The maximum absolute atomic E-state index is 12.1. The Kier molecular flexibility index (Phi) is 4.87. The Labute approximate surface area is 158 Å². The first-order valence-electron chi connectivity index (χ1n) is 9.06. The lowest BCUT2D eigenvalue weighted by Gasteiger charge is -2.54. The van der Waals surface area contributed by atoms with E-state index in [4.69, 9.17) is 28.6 Å². The van der Waals surface area contributed by atoms with Crippen LogP contribution in [0.1, 0.15) is 32.1 Å². The second-order valence-corrected chi connectivity index (χ2v) is 8.51. The minimum atomic E-state index is -0.263. The number of amides is 1. The van der Waals surface area contributed by atoms with Crippen molar-refractivity contribution >= 4 is 34.8 Å². The third-order valence-corrected chi connectivity index (χ3v) is 6.51. The zero-order chi connectivity index (χ0) is 17.4. The summed E-state index contributed by atoms with van der Waals surface area (Å²) < 4.78 is 5.45. The van der Waals surface area contributed by atoms with Crippen molar-refractivity contribution in [3.05, 3.63) is 29.3 Å². The van der Waals surface area contributed by atoms with E-state index in [1.165, 1.54) is 32.1 Å². The average molecular weight is 379 g/mol. The predicted octanol–water partition coefficient (Wildman–Crippen LogP) is 3.53. The number of hydrogen-bond acceptors (Lipinski definition) is 3. The number of nitrogens with one attached hydrogen (secondary N) is 2. The molecular weight excluding hydrogens is 356 g/mol. The molecule has 0 unspecified atom stereocenters. The number of carbonyl (C=O) groups is 1. The highest BCUT2D eigenvalue weighted by molar-refractivity contribution is 7.80. The Balaban J connectivity index is 1.26. The van der Waals surface area contributed by atoms with E-state index >= 15 is 0 Å². The molecule has 0 aliphatic heterocycles. The molecule has 4 bridgehead atoms. The van der Waals surface area contributed by atoms with Crippen LogP contribution in [0.25, 0.3) is 0 Å². The van der Waals surface area contributed by atoms with Gasteiger partial charge < -0.3 is 15.4 Å². The Bertz CT molecular complexity index is 653. The first-order chi connectivity index (χ1) is 12.1. The molecule has 1 aromatic carbocycles. The van der Waals surface area contributed by atoms with Crippen LogP contribution >= 0.6 is 23.8 Å². The number of halogens is 1. The monoisotopic (exact) mass is 378 g/mol. The summed E-state index contributed by atoms with van der Waals surface area (Å²) in [6.45, 7) is -0.104. The molecule has 0 aromatic heterocycles. The average Bonchev–Trinajstić information content (AvgIpc) is 2.57. The summed E-state index contributed by atoms with van der Waals surface area (Å²) in [6, 6.07) is 7.52. The van der Waals surface area contributed by atoms with Gasteiger partial charge >= 0.3 is 0 Å². The van der Waals surface area contributed by atoms with Gasteiger partial charge in [-0.3, -0.25) is 4.79 Å². The summed E-state index contributed by atoms with van der Waals surface area (Å²) in [5, 5.41) is 7.07. The molecule has 0 saturated heterocycles. The number of ether oxygens (including phenoxy) is 1. The van der Waals surface area contributed by atoms with E-state index in [2.05, 4.69) is 10.6 Å². The summed E-state index contributed by atoms with van der Waals surface area (Å²) in [5.74, 6) is 3.51. The van der Waals surface area contributed by atoms with E-state index in [1.807, 2.05) is 12.1 Å². The van der Waals surface area contributed by atoms with Gasteiger partial charge in [0.15, 0.2) is 11.7 Å². The van der Waals surface area contributed by atoms with Crippen LogP contribution in [0.3, 0.4) is 0 Å². The Morgan fingerprint density at radius 3 is 2.40 bits per heavy atom. The summed E-state index contributed by atoms with van der Waals surface area (Å²) in [5.41, 5.74) is 0.